The molecule has 0 saturated carbocycles. The number of hydrogen-bond donors (Lipinski definition) is 1. The third kappa shape index (κ3) is 1.22. The summed E-state index contributed by atoms with van der Waals surface area (Å²) in [6, 6.07) is 0. The zero-order valence-electron chi connectivity index (χ0n) is 6.99. The van der Waals surface area contributed by atoms with Gasteiger partial charge in [-0.3, -0.25) is 14.7 Å². The minimum Gasteiger partial charge on any atom is -0.382 e. The van der Waals surface area contributed by atoms with Crippen molar-refractivity contribution in [3.63, 3.8) is 0 Å². The third-order valence-electron chi connectivity index (χ3n) is 1.70. The molecule has 72 valence electrons. The highest BCUT2D eigenvalue weighted by atomic mass is 16.6. The summed E-state index contributed by atoms with van der Waals surface area (Å²) in [7, 11) is 0. The van der Waals surface area contributed by atoms with Gasteiger partial charge in [0.15, 0.2) is 11.5 Å². The van der Waals surface area contributed by atoms with Crippen LogP contribution in [0.3, 0.4) is 0 Å². The molecular formula is C6H6N6O2. The summed E-state index contributed by atoms with van der Waals surface area (Å²) in [5, 5.41) is 10.3. The molecule has 8 nitrogen and oxygen atoms in total. The molecule has 2 rings (SSSR count). The number of anilines is 1. The molecule has 0 aliphatic heterocycles. The standard InChI is InChI=1S/C6H6N6O2/c7-5-4-6(9-1-8-5)11(2-10-4)3-12(13)14/h1-2H,3H2,(H2,7,8,9). The monoisotopic (exact) mass is 194 g/mol. The van der Waals surface area contributed by atoms with Crippen molar-refractivity contribution in [1.29, 1.82) is 0 Å². The van der Waals surface area contributed by atoms with E-state index in [0.717, 1.165) is 0 Å². The number of hydrogen-bond acceptors (Lipinski definition) is 6. The first-order chi connectivity index (χ1) is 6.68. The van der Waals surface area contributed by atoms with Gasteiger partial charge in [0.1, 0.15) is 18.2 Å². The van der Waals surface area contributed by atoms with Gasteiger partial charge in [-0.15, -0.1) is 0 Å². The molecule has 0 amide bonds. The lowest BCUT2D eigenvalue weighted by Crippen LogP contribution is -2.07. The van der Waals surface area contributed by atoms with Crippen molar-refractivity contribution < 1.29 is 4.92 Å². The second-order valence-electron chi connectivity index (χ2n) is 2.62. The van der Waals surface area contributed by atoms with E-state index in [0.29, 0.717) is 11.2 Å². The highest BCUT2D eigenvalue weighted by Crippen LogP contribution is 2.13. The summed E-state index contributed by atoms with van der Waals surface area (Å²) >= 11 is 0. The van der Waals surface area contributed by atoms with Crippen molar-refractivity contribution in [2.24, 2.45) is 0 Å². The summed E-state index contributed by atoms with van der Waals surface area (Å²) in [5.41, 5.74) is 6.26. The van der Waals surface area contributed by atoms with Crippen LogP contribution in [0.1, 0.15) is 0 Å². The molecule has 2 N–H and O–H groups in total. The van der Waals surface area contributed by atoms with Gasteiger partial charge in [-0.05, 0) is 0 Å². The van der Waals surface area contributed by atoms with Crippen LogP contribution in [0.5, 0.6) is 0 Å². The molecule has 0 atom stereocenters. The van der Waals surface area contributed by atoms with Gasteiger partial charge in [-0.1, -0.05) is 0 Å². The average Bonchev–Trinajstić information content (AvgIpc) is 2.49. The van der Waals surface area contributed by atoms with Crippen LogP contribution >= 0.6 is 0 Å². The predicted molar refractivity (Wildman–Crippen MR) is 46.7 cm³/mol. The van der Waals surface area contributed by atoms with E-state index in [1.165, 1.54) is 17.2 Å². The summed E-state index contributed by atoms with van der Waals surface area (Å²) in [4.78, 5) is 21.3. The fraction of sp³-hybridized carbons (Fsp3) is 0.167. The van der Waals surface area contributed by atoms with Crippen molar-refractivity contribution >= 4 is 17.0 Å². The quantitative estimate of drug-likeness (QED) is 0.516. The zero-order valence-corrected chi connectivity index (χ0v) is 6.99. The fourth-order valence-electron chi connectivity index (χ4n) is 1.13. The largest absolute Gasteiger partial charge is 0.382 e. The molecule has 2 aromatic heterocycles. The van der Waals surface area contributed by atoms with E-state index in [1.807, 2.05) is 0 Å². The van der Waals surface area contributed by atoms with Crippen molar-refractivity contribution in [2.45, 2.75) is 6.67 Å². The summed E-state index contributed by atoms with van der Waals surface area (Å²) in [5.74, 6) is 0.220. The number of nitrogens with zero attached hydrogens (tertiary/aromatic N) is 5. The van der Waals surface area contributed by atoms with Crippen molar-refractivity contribution in [1.82, 2.24) is 19.5 Å². The van der Waals surface area contributed by atoms with Crippen LogP contribution < -0.4 is 5.73 Å². The number of nitrogen functional groups attached to an aromatic ring is 1. The van der Waals surface area contributed by atoms with E-state index >= 15 is 0 Å². The Labute approximate surface area is 77.5 Å². The van der Waals surface area contributed by atoms with Crippen LogP contribution in [0, 0.1) is 10.1 Å². The molecule has 0 unspecified atom stereocenters. The van der Waals surface area contributed by atoms with Gasteiger partial charge in [0.2, 0.25) is 0 Å². The lowest BCUT2D eigenvalue weighted by Gasteiger charge is -1.96. The Morgan fingerprint density at radius 2 is 2.29 bits per heavy atom. The molecule has 14 heavy (non-hydrogen) atoms. The SMILES string of the molecule is Nc1ncnc2c1ncn2C[N+](=O)[O-]. The Bertz CT molecular complexity index is 492. The van der Waals surface area contributed by atoms with Crippen molar-refractivity contribution in [3.05, 3.63) is 22.8 Å². The minimum atomic E-state index is -0.473. The molecule has 0 aliphatic rings. The van der Waals surface area contributed by atoms with E-state index in [9.17, 15) is 10.1 Å². The maximum Gasteiger partial charge on any atom is 0.284 e. The van der Waals surface area contributed by atoms with Gasteiger partial charge in [-0.25, -0.2) is 15.0 Å². The van der Waals surface area contributed by atoms with Crippen LogP contribution in [-0.2, 0) is 6.67 Å². The normalized spacial score (nSPS) is 10.6. The van der Waals surface area contributed by atoms with Crippen LogP contribution in [0.15, 0.2) is 12.7 Å². The summed E-state index contributed by atoms with van der Waals surface area (Å²) in [6.07, 6.45) is 2.56. The topological polar surface area (TPSA) is 113 Å². The Hall–Kier alpha value is -2.25. The van der Waals surface area contributed by atoms with Crippen LogP contribution in [0.4, 0.5) is 5.82 Å². The van der Waals surface area contributed by atoms with Gasteiger partial charge >= 0.3 is 0 Å². The minimum absolute atomic E-state index is 0.220. The van der Waals surface area contributed by atoms with E-state index in [4.69, 9.17) is 5.73 Å². The second kappa shape index (κ2) is 2.91. The van der Waals surface area contributed by atoms with Gasteiger partial charge in [0.05, 0.1) is 0 Å². The smallest absolute Gasteiger partial charge is 0.284 e. The van der Waals surface area contributed by atoms with Gasteiger partial charge in [-0.2, -0.15) is 0 Å². The number of aromatic nitrogens is 4. The zero-order chi connectivity index (χ0) is 10.1. The number of nitrogens with two attached hydrogens (primary N) is 1. The Morgan fingerprint density at radius 1 is 1.50 bits per heavy atom. The van der Waals surface area contributed by atoms with E-state index in [-0.39, 0.29) is 12.5 Å². The molecule has 0 saturated heterocycles. The van der Waals surface area contributed by atoms with Crippen molar-refractivity contribution in [3.8, 4) is 0 Å². The van der Waals surface area contributed by atoms with Crippen molar-refractivity contribution in [2.75, 3.05) is 5.73 Å². The molecule has 0 radical (unpaired) electrons. The number of rotatable bonds is 2. The average molecular weight is 194 g/mol. The first-order valence-electron chi connectivity index (χ1n) is 3.71. The highest BCUT2D eigenvalue weighted by Gasteiger charge is 2.10. The highest BCUT2D eigenvalue weighted by molar-refractivity contribution is 5.80. The van der Waals surface area contributed by atoms with Gasteiger partial charge < -0.3 is 5.73 Å². The summed E-state index contributed by atoms with van der Waals surface area (Å²) in [6.45, 7) is -0.382. The number of imidazole rings is 1. The lowest BCUT2D eigenvalue weighted by molar-refractivity contribution is -0.513. The molecule has 0 bridgehead atoms. The first-order valence-corrected chi connectivity index (χ1v) is 3.71. The Balaban J connectivity index is 2.58. The van der Waals surface area contributed by atoms with Gasteiger partial charge in [0.25, 0.3) is 6.67 Å². The molecule has 2 heterocycles. The maximum atomic E-state index is 10.3. The van der Waals surface area contributed by atoms with E-state index in [1.54, 1.807) is 0 Å². The first kappa shape index (κ1) is 8.35. The Morgan fingerprint density at radius 3 is 3.00 bits per heavy atom. The second-order valence-corrected chi connectivity index (χ2v) is 2.62. The van der Waals surface area contributed by atoms with E-state index in [2.05, 4.69) is 15.0 Å². The molecular weight excluding hydrogens is 188 g/mol. The van der Waals surface area contributed by atoms with Crippen LogP contribution in [0.25, 0.3) is 11.2 Å². The molecule has 8 heteroatoms. The lowest BCUT2D eigenvalue weighted by atomic mass is 10.5. The summed E-state index contributed by atoms with van der Waals surface area (Å²) < 4.78 is 1.30. The Kier molecular flexibility index (Phi) is 1.73. The molecule has 0 spiro atoms. The predicted octanol–water partition coefficient (Wildman–Crippen LogP) is -0.357. The molecule has 0 aromatic carbocycles. The fourth-order valence-corrected chi connectivity index (χ4v) is 1.13. The molecule has 0 fully saturated rings. The van der Waals surface area contributed by atoms with Gasteiger partial charge in [0, 0.05) is 4.92 Å². The third-order valence-corrected chi connectivity index (χ3v) is 1.70. The van der Waals surface area contributed by atoms with Crippen LogP contribution in [-0.4, -0.2) is 24.4 Å². The van der Waals surface area contributed by atoms with Crippen LogP contribution in [0.2, 0.25) is 0 Å². The number of nitro groups is 1. The maximum absolute atomic E-state index is 10.3. The van der Waals surface area contributed by atoms with E-state index < -0.39 is 4.92 Å². The molecule has 0 aliphatic carbocycles. The molecule has 2 aromatic rings. The number of fused-ring (bicyclic) bond motifs is 1.